The van der Waals surface area contributed by atoms with Gasteiger partial charge in [-0.2, -0.15) is 0 Å². The van der Waals surface area contributed by atoms with Gasteiger partial charge < -0.3 is 0 Å². The van der Waals surface area contributed by atoms with Gasteiger partial charge in [0.25, 0.3) is 0 Å². The highest BCUT2D eigenvalue weighted by Gasteiger charge is 2.12. The minimum absolute atomic E-state index is 0.427. The molecule has 1 nitrogen and oxygen atoms in total. The minimum Gasteiger partial charge on any atom is -0.252 e. The summed E-state index contributed by atoms with van der Waals surface area (Å²) in [7, 11) is 0. The normalized spacial score (nSPS) is 11.7. The third-order valence-electron chi connectivity index (χ3n) is 3.33. The van der Waals surface area contributed by atoms with E-state index in [0.29, 0.717) is 17.7 Å². The molecule has 1 aromatic heterocycles. The molecule has 0 amide bonds. The Kier molecular flexibility index (Phi) is 3.91. The van der Waals surface area contributed by atoms with Crippen LogP contribution in [0.2, 0.25) is 0 Å². The van der Waals surface area contributed by atoms with Crippen LogP contribution in [0.3, 0.4) is 0 Å². The van der Waals surface area contributed by atoms with E-state index < -0.39 is 0 Å². The van der Waals surface area contributed by atoms with Gasteiger partial charge in [0.05, 0.1) is 5.52 Å². The van der Waals surface area contributed by atoms with E-state index in [0.717, 1.165) is 11.2 Å². The summed E-state index contributed by atoms with van der Waals surface area (Å²) in [5.74, 6) is 1.45. The molecule has 1 heterocycles. The van der Waals surface area contributed by atoms with Crippen molar-refractivity contribution in [1.29, 1.82) is 0 Å². The first-order valence-corrected chi connectivity index (χ1v) is 7.06. The van der Waals surface area contributed by atoms with Gasteiger partial charge in [0, 0.05) is 17.0 Å². The first-order valence-electron chi connectivity index (χ1n) is 6.53. The fraction of sp³-hybridized carbons (Fsp3) is 0.438. The van der Waals surface area contributed by atoms with Crippen LogP contribution < -0.4 is 0 Å². The van der Waals surface area contributed by atoms with Crippen LogP contribution in [0.5, 0.6) is 0 Å². The average molecular weight is 262 g/mol. The number of pyridine rings is 1. The number of halogens is 1. The Morgan fingerprint density at radius 3 is 2.39 bits per heavy atom. The molecule has 0 spiro atoms. The van der Waals surface area contributed by atoms with E-state index in [-0.39, 0.29) is 0 Å². The first kappa shape index (κ1) is 13.4. The number of benzene rings is 1. The van der Waals surface area contributed by atoms with Crippen molar-refractivity contribution in [2.75, 3.05) is 0 Å². The van der Waals surface area contributed by atoms with Gasteiger partial charge in [0.15, 0.2) is 0 Å². The van der Waals surface area contributed by atoms with Crippen LogP contribution in [-0.2, 0) is 5.88 Å². The highest BCUT2D eigenvalue weighted by Crippen LogP contribution is 2.29. The summed E-state index contributed by atoms with van der Waals surface area (Å²) in [6.07, 6.45) is 0. The molecule has 0 N–H and O–H groups in total. The van der Waals surface area contributed by atoms with Crippen LogP contribution in [0.25, 0.3) is 10.9 Å². The van der Waals surface area contributed by atoms with Crippen LogP contribution >= 0.6 is 11.6 Å². The number of hydrogen-bond acceptors (Lipinski definition) is 1. The Morgan fingerprint density at radius 2 is 1.83 bits per heavy atom. The molecule has 0 aliphatic heterocycles. The molecule has 0 atom stereocenters. The van der Waals surface area contributed by atoms with Crippen molar-refractivity contribution in [1.82, 2.24) is 4.98 Å². The molecular weight excluding hydrogens is 242 g/mol. The molecular formula is C16H20ClN. The second kappa shape index (κ2) is 5.27. The molecule has 96 valence electrons. The number of rotatable bonds is 3. The zero-order chi connectivity index (χ0) is 13.3. The van der Waals surface area contributed by atoms with Gasteiger partial charge in [-0.05, 0) is 29.0 Å². The number of aromatic nitrogens is 1. The van der Waals surface area contributed by atoms with E-state index in [1.807, 2.05) is 0 Å². The second-order valence-corrected chi connectivity index (χ2v) is 5.66. The fourth-order valence-electron chi connectivity index (χ4n) is 2.24. The SMILES string of the molecule is CC(C)c1cc(CCl)c2cccc(C(C)C)c2n1. The van der Waals surface area contributed by atoms with Gasteiger partial charge in [-0.15, -0.1) is 11.6 Å². The van der Waals surface area contributed by atoms with E-state index in [9.17, 15) is 0 Å². The zero-order valence-corrected chi connectivity index (χ0v) is 12.3. The molecule has 2 heteroatoms. The van der Waals surface area contributed by atoms with E-state index in [4.69, 9.17) is 16.6 Å². The summed E-state index contributed by atoms with van der Waals surface area (Å²) in [5, 5.41) is 1.20. The van der Waals surface area contributed by atoms with Crippen LogP contribution in [-0.4, -0.2) is 4.98 Å². The molecule has 2 rings (SSSR count). The third kappa shape index (κ3) is 2.37. The van der Waals surface area contributed by atoms with Gasteiger partial charge in [0.2, 0.25) is 0 Å². The number of nitrogens with zero attached hydrogens (tertiary/aromatic N) is 1. The second-order valence-electron chi connectivity index (χ2n) is 5.39. The van der Waals surface area contributed by atoms with Crippen LogP contribution in [0.15, 0.2) is 24.3 Å². The molecule has 18 heavy (non-hydrogen) atoms. The van der Waals surface area contributed by atoms with E-state index in [1.54, 1.807) is 0 Å². The summed E-state index contributed by atoms with van der Waals surface area (Å²) in [6.45, 7) is 8.76. The Balaban J connectivity index is 2.79. The molecule has 0 fully saturated rings. The lowest BCUT2D eigenvalue weighted by atomic mass is 9.96. The molecule has 0 bridgehead atoms. The molecule has 0 unspecified atom stereocenters. The number of alkyl halides is 1. The average Bonchev–Trinajstić information content (AvgIpc) is 2.36. The van der Waals surface area contributed by atoms with Crippen molar-refractivity contribution in [2.24, 2.45) is 0 Å². The van der Waals surface area contributed by atoms with E-state index >= 15 is 0 Å². The summed E-state index contributed by atoms with van der Waals surface area (Å²) < 4.78 is 0. The topological polar surface area (TPSA) is 12.9 Å². The predicted molar refractivity (Wildman–Crippen MR) is 79.5 cm³/mol. The maximum absolute atomic E-state index is 6.09. The molecule has 0 saturated carbocycles. The molecule has 2 aromatic rings. The summed E-state index contributed by atoms with van der Waals surface area (Å²) in [6, 6.07) is 8.53. The molecule has 1 aromatic carbocycles. The summed E-state index contributed by atoms with van der Waals surface area (Å²) >= 11 is 6.09. The van der Waals surface area contributed by atoms with Crippen molar-refractivity contribution in [3.8, 4) is 0 Å². The van der Waals surface area contributed by atoms with Crippen molar-refractivity contribution in [3.05, 3.63) is 41.1 Å². The Morgan fingerprint density at radius 1 is 1.11 bits per heavy atom. The van der Waals surface area contributed by atoms with Crippen molar-refractivity contribution in [3.63, 3.8) is 0 Å². The predicted octanol–water partition coefficient (Wildman–Crippen LogP) is 5.22. The summed E-state index contributed by atoms with van der Waals surface area (Å²) in [5.41, 5.74) is 4.75. The fourth-order valence-corrected chi connectivity index (χ4v) is 2.46. The largest absolute Gasteiger partial charge is 0.252 e. The number of para-hydroxylation sites is 1. The highest BCUT2D eigenvalue weighted by molar-refractivity contribution is 6.18. The van der Waals surface area contributed by atoms with Crippen molar-refractivity contribution in [2.45, 2.75) is 45.4 Å². The third-order valence-corrected chi connectivity index (χ3v) is 3.62. The van der Waals surface area contributed by atoms with Crippen molar-refractivity contribution >= 4 is 22.5 Å². The lowest BCUT2D eigenvalue weighted by Crippen LogP contribution is -2.00. The van der Waals surface area contributed by atoms with Gasteiger partial charge in [-0.3, -0.25) is 4.98 Å². The maximum Gasteiger partial charge on any atom is 0.0743 e. The van der Waals surface area contributed by atoms with E-state index in [2.05, 4.69) is 52.0 Å². The lowest BCUT2D eigenvalue weighted by Gasteiger charge is -2.14. The van der Waals surface area contributed by atoms with Crippen molar-refractivity contribution < 1.29 is 0 Å². The smallest absolute Gasteiger partial charge is 0.0743 e. The summed E-state index contributed by atoms with van der Waals surface area (Å²) in [4.78, 5) is 4.85. The van der Waals surface area contributed by atoms with E-state index in [1.165, 1.54) is 16.5 Å². The van der Waals surface area contributed by atoms with Gasteiger partial charge >= 0.3 is 0 Å². The van der Waals surface area contributed by atoms with Crippen LogP contribution in [0, 0.1) is 0 Å². The Hall–Kier alpha value is -1.08. The highest BCUT2D eigenvalue weighted by atomic mass is 35.5. The maximum atomic E-state index is 6.09. The molecule has 0 aliphatic rings. The van der Waals surface area contributed by atoms with Crippen LogP contribution in [0.4, 0.5) is 0 Å². The minimum atomic E-state index is 0.427. The number of hydrogen-bond donors (Lipinski definition) is 0. The Labute approximate surface area is 114 Å². The quantitative estimate of drug-likeness (QED) is 0.690. The first-order chi connectivity index (χ1) is 8.54. The Bertz CT molecular complexity index is 558. The van der Waals surface area contributed by atoms with Gasteiger partial charge in [0.1, 0.15) is 0 Å². The molecule has 0 saturated heterocycles. The molecule has 0 radical (unpaired) electrons. The zero-order valence-electron chi connectivity index (χ0n) is 11.5. The van der Waals surface area contributed by atoms with Gasteiger partial charge in [-0.1, -0.05) is 45.9 Å². The number of fused-ring (bicyclic) bond motifs is 1. The molecule has 0 aliphatic carbocycles. The lowest BCUT2D eigenvalue weighted by molar-refractivity contribution is 0.821. The standard InChI is InChI=1S/C16H20ClN/c1-10(2)13-6-5-7-14-12(9-17)8-15(11(3)4)18-16(13)14/h5-8,10-11H,9H2,1-4H3. The monoisotopic (exact) mass is 261 g/mol. The van der Waals surface area contributed by atoms with Gasteiger partial charge in [-0.25, -0.2) is 0 Å². The van der Waals surface area contributed by atoms with Crippen LogP contribution in [0.1, 0.15) is 56.4 Å².